The van der Waals surface area contributed by atoms with Crippen LogP contribution in [0.4, 0.5) is 11.5 Å². The quantitative estimate of drug-likeness (QED) is 0.785. The standard InChI is InChI=1S/C17H25N5OS/c1-2-4-10-9-12(22-7-3-5-11(18)6-8-22)21-17-13(10)14(19)15(24-17)16(20)23/h9,11H,2-8,18-19H2,1H3,(H2,20,23). The van der Waals surface area contributed by atoms with Crippen LogP contribution in [0.1, 0.15) is 47.8 Å². The molecule has 24 heavy (non-hydrogen) atoms. The highest BCUT2D eigenvalue weighted by atomic mass is 32.1. The summed E-state index contributed by atoms with van der Waals surface area (Å²) in [6, 6.07) is 2.39. The first-order valence-corrected chi connectivity index (χ1v) is 9.35. The predicted octanol–water partition coefficient (Wildman–Crippen LogP) is 2.25. The van der Waals surface area contributed by atoms with Crippen molar-refractivity contribution in [1.29, 1.82) is 0 Å². The third-order valence-electron chi connectivity index (χ3n) is 4.61. The van der Waals surface area contributed by atoms with Gasteiger partial charge >= 0.3 is 0 Å². The number of carbonyl (C=O) groups is 1. The zero-order valence-electron chi connectivity index (χ0n) is 14.0. The van der Waals surface area contributed by atoms with Crippen LogP contribution in [0.2, 0.25) is 0 Å². The van der Waals surface area contributed by atoms with E-state index in [2.05, 4.69) is 17.9 Å². The number of fused-ring (bicyclic) bond motifs is 1. The number of hydrogen-bond donors (Lipinski definition) is 3. The molecule has 7 heteroatoms. The van der Waals surface area contributed by atoms with E-state index in [1.807, 2.05) is 0 Å². The number of rotatable bonds is 4. The van der Waals surface area contributed by atoms with E-state index in [4.69, 9.17) is 22.2 Å². The largest absolute Gasteiger partial charge is 0.397 e. The Hall–Kier alpha value is -1.86. The third kappa shape index (κ3) is 3.18. The molecular weight excluding hydrogens is 322 g/mol. The Kier molecular flexibility index (Phi) is 4.91. The summed E-state index contributed by atoms with van der Waals surface area (Å²) in [7, 11) is 0. The number of pyridine rings is 1. The molecule has 1 fully saturated rings. The van der Waals surface area contributed by atoms with Gasteiger partial charge in [-0.15, -0.1) is 11.3 Å². The molecule has 0 saturated carbocycles. The van der Waals surface area contributed by atoms with Gasteiger partial charge < -0.3 is 22.1 Å². The Morgan fingerprint density at radius 2 is 2.21 bits per heavy atom. The molecule has 3 heterocycles. The average Bonchev–Trinajstić information content (AvgIpc) is 2.73. The van der Waals surface area contributed by atoms with Crippen LogP contribution >= 0.6 is 11.3 Å². The molecule has 1 amide bonds. The van der Waals surface area contributed by atoms with Crippen molar-refractivity contribution in [3.05, 3.63) is 16.5 Å². The van der Waals surface area contributed by atoms with E-state index in [0.29, 0.717) is 10.6 Å². The number of anilines is 2. The van der Waals surface area contributed by atoms with Crippen molar-refractivity contribution in [3.8, 4) is 0 Å². The number of nitrogen functional groups attached to an aromatic ring is 1. The van der Waals surface area contributed by atoms with Crippen molar-refractivity contribution in [2.45, 2.75) is 45.1 Å². The monoisotopic (exact) mass is 347 g/mol. The van der Waals surface area contributed by atoms with Crippen LogP contribution in [0, 0.1) is 0 Å². The maximum absolute atomic E-state index is 11.6. The highest BCUT2D eigenvalue weighted by Crippen LogP contribution is 2.37. The number of nitrogens with zero attached hydrogens (tertiary/aromatic N) is 2. The van der Waals surface area contributed by atoms with Gasteiger partial charge in [0, 0.05) is 24.5 Å². The van der Waals surface area contributed by atoms with Crippen LogP contribution in [-0.2, 0) is 6.42 Å². The molecule has 1 saturated heterocycles. The number of aryl methyl sites for hydroxylation is 1. The second kappa shape index (κ2) is 6.94. The van der Waals surface area contributed by atoms with Crippen molar-refractivity contribution in [2.24, 2.45) is 11.5 Å². The van der Waals surface area contributed by atoms with Gasteiger partial charge in [-0.3, -0.25) is 4.79 Å². The number of thiophene rings is 1. The molecule has 2 aromatic rings. The first-order chi connectivity index (χ1) is 11.5. The Bertz CT molecular complexity index is 757. The van der Waals surface area contributed by atoms with Crippen molar-refractivity contribution >= 4 is 39.0 Å². The first-order valence-electron chi connectivity index (χ1n) is 8.53. The van der Waals surface area contributed by atoms with Crippen molar-refractivity contribution in [2.75, 3.05) is 23.7 Å². The molecule has 0 aromatic carbocycles. The molecule has 130 valence electrons. The maximum atomic E-state index is 11.6. The van der Waals surface area contributed by atoms with E-state index in [-0.39, 0.29) is 6.04 Å². The lowest BCUT2D eigenvalue weighted by Crippen LogP contribution is -2.27. The summed E-state index contributed by atoms with van der Waals surface area (Å²) in [5.74, 6) is 0.470. The Labute approximate surface area is 146 Å². The average molecular weight is 347 g/mol. The number of carbonyl (C=O) groups excluding carboxylic acids is 1. The second-order valence-electron chi connectivity index (χ2n) is 6.46. The number of primary amides is 1. The van der Waals surface area contributed by atoms with Crippen LogP contribution in [-0.4, -0.2) is 30.0 Å². The van der Waals surface area contributed by atoms with E-state index in [1.54, 1.807) is 0 Å². The highest BCUT2D eigenvalue weighted by molar-refractivity contribution is 7.21. The molecule has 1 unspecified atom stereocenters. The fourth-order valence-electron chi connectivity index (χ4n) is 3.35. The molecule has 6 nitrogen and oxygen atoms in total. The Morgan fingerprint density at radius 3 is 2.92 bits per heavy atom. The molecular formula is C17H25N5OS. The predicted molar refractivity (Wildman–Crippen MR) is 101 cm³/mol. The lowest BCUT2D eigenvalue weighted by atomic mass is 10.1. The minimum atomic E-state index is -0.486. The van der Waals surface area contributed by atoms with Crippen LogP contribution in [0.15, 0.2) is 6.07 Å². The van der Waals surface area contributed by atoms with E-state index >= 15 is 0 Å². The fraction of sp³-hybridized carbons (Fsp3) is 0.529. The van der Waals surface area contributed by atoms with Crippen molar-refractivity contribution < 1.29 is 4.79 Å². The van der Waals surface area contributed by atoms with Crippen LogP contribution in [0.5, 0.6) is 0 Å². The molecule has 1 aliphatic heterocycles. The van der Waals surface area contributed by atoms with Crippen LogP contribution in [0.3, 0.4) is 0 Å². The lowest BCUT2D eigenvalue weighted by molar-refractivity contribution is 0.100. The van der Waals surface area contributed by atoms with E-state index in [0.717, 1.165) is 66.8 Å². The minimum absolute atomic E-state index is 0.271. The normalized spacial score (nSPS) is 18.8. The SMILES string of the molecule is CCCc1cc(N2CCCC(N)CC2)nc2sc(C(N)=O)c(N)c12. The van der Waals surface area contributed by atoms with Gasteiger partial charge in [0.25, 0.3) is 5.91 Å². The molecule has 6 N–H and O–H groups in total. The van der Waals surface area contributed by atoms with Gasteiger partial charge in [0.1, 0.15) is 15.5 Å². The molecule has 1 atom stereocenters. The summed E-state index contributed by atoms with van der Waals surface area (Å²) in [6.45, 7) is 4.00. The summed E-state index contributed by atoms with van der Waals surface area (Å²) in [4.78, 5) is 19.9. The minimum Gasteiger partial charge on any atom is -0.397 e. The Balaban J connectivity index is 2.07. The van der Waals surface area contributed by atoms with Crippen LogP contribution in [0.25, 0.3) is 10.2 Å². The zero-order valence-corrected chi connectivity index (χ0v) is 14.9. The number of hydrogen-bond acceptors (Lipinski definition) is 6. The van der Waals surface area contributed by atoms with Gasteiger partial charge in [0.2, 0.25) is 0 Å². The number of nitrogens with two attached hydrogens (primary N) is 3. The summed E-state index contributed by atoms with van der Waals surface area (Å²) in [6.07, 6.45) is 5.01. The highest BCUT2D eigenvalue weighted by Gasteiger charge is 2.21. The molecule has 0 radical (unpaired) electrons. The molecule has 3 rings (SSSR count). The number of aromatic nitrogens is 1. The van der Waals surface area contributed by atoms with E-state index in [9.17, 15) is 4.79 Å². The molecule has 1 aliphatic rings. The van der Waals surface area contributed by atoms with Crippen LogP contribution < -0.4 is 22.1 Å². The van der Waals surface area contributed by atoms with Gasteiger partial charge in [-0.2, -0.15) is 0 Å². The van der Waals surface area contributed by atoms with Gasteiger partial charge in [-0.05, 0) is 37.3 Å². The van der Waals surface area contributed by atoms with E-state index in [1.165, 1.54) is 11.3 Å². The fourth-order valence-corrected chi connectivity index (χ4v) is 4.34. The van der Waals surface area contributed by atoms with Gasteiger partial charge in [0.05, 0.1) is 5.69 Å². The lowest BCUT2D eigenvalue weighted by Gasteiger charge is -2.22. The summed E-state index contributed by atoms with van der Waals surface area (Å²) in [5, 5.41) is 0.894. The molecule has 0 aliphatic carbocycles. The first kappa shape index (κ1) is 17.0. The topological polar surface area (TPSA) is 111 Å². The summed E-state index contributed by atoms with van der Waals surface area (Å²) >= 11 is 1.29. The van der Waals surface area contributed by atoms with Gasteiger partial charge in [-0.25, -0.2) is 4.98 Å². The molecule has 0 spiro atoms. The molecule has 2 aromatic heterocycles. The summed E-state index contributed by atoms with van der Waals surface area (Å²) in [5.41, 5.74) is 19.3. The smallest absolute Gasteiger partial charge is 0.260 e. The van der Waals surface area contributed by atoms with Crippen molar-refractivity contribution in [3.63, 3.8) is 0 Å². The van der Waals surface area contributed by atoms with E-state index < -0.39 is 5.91 Å². The maximum Gasteiger partial charge on any atom is 0.260 e. The molecule has 0 bridgehead atoms. The van der Waals surface area contributed by atoms with Gasteiger partial charge in [0.15, 0.2) is 0 Å². The Morgan fingerprint density at radius 1 is 1.42 bits per heavy atom. The van der Waals surface area contributed by atoms with Crippen molar-refractivity contribution in [1.82, 2.24) is 4.98 Å². The second-order valence-corrected chi connectivity index (χ2v) is 7.46. The number of amides is 1. The zero-order chi connectivity index (χ0) is 17.3. The summed E-state index contributed by atoms with van der Waals surface area (Å²) < 4.78 is 0. The third-order valence-corrected chi connectivity index (χ3v) is 5.72. The van der Waals surface area contributed by atoms with Gasteiger partial charge in [-0.1, -0.05) is 13.3 Å².